The fourth-order valence-electron chi connectivity index (χ4n) is 3.61. The van der Waals surface area contributed by atoms with Gasteiger partial charge in [-0.25, -0.2) is 4.79 Å². The summed E-state index contributed by atoms with van der Waals surface area (Å²) in [4.78, 5) is 26.6. The van der Waals surface area contributed by atoms with Crippen LogP contribution in [0.4, 0.5) is 16.2 Å². The molecule has 3 aromatic carbocycles. The summed E-state index contributed by atoms with van der Waals surface area (Å²) in [7, 11) is 0. The topological polar surface area (TPSA) is 87.5 Å². The number of nitrogen functional groups attached to an aromatic ring is 1. The van der Waals surface area contributed by atoms with E-state index in [9.17, 15) is 9.59 Å². The molecule has 1 fully saturated rings. The Bertz CT molecular complexity index is 1060. The molecular weight excluding hydrogens is 376 g/mol. The van der Waals surface area contributed by atoms with Crippen molar-refractivity contribution in [2.24, 2.45) is 0 Å². The van der Waals surface area contributed by atoms with E-state index in [1.54, 1.807) is 29.2 Å². The predicted octanol–water partition coefficient (Wildman–Crippen LogP) is 4.10. The summed E-state index contributed by atoms with van der Waals surface area (Å²) in [5.41, 5.74) is 10.6. The quantitative estimate of drug-likeness (QED) is 0.564. The third-order valence-corrected chi connectivity index (χ3v) is 5.28. The van der Waals surface area contributed by atoms with Gasteiger partial charge >= 0.3 is 6.03 Å². The number of anilines is 2. The van der Waals surface area contributed by atoms with Crippen molar-refractivity contribution in [3.8, 4) is 0 Å². The maximum absolute atomic E-state index is 12.4. The van der Waals surface area contributed by atoms with E-state index < -0.39 is 0 Å². The lowest BCUT2D eigenvalue weighted by Gasteiger charge is -2.16. The van der Waals surface area contributed by atoms with Gasteiger partial charge in [0, 0.05) is 30.0 Å². The molecule has 1 aliphatic rings. The molecule has 6 heteroatoms. The van der Waals surface area contributed by atoms with Crippen LogP contribution in [-0.2, 0) is 6.54 Å². The van der Waals surface area contributed by atoms with Gasteiger partial charge in [-0.15, -0.1) is 0 Å². The maximum atomic E-state index is 12.4. The van der Waals surface area contributed by atoms with Crippen molar-refractivity contribution in [1.82, 2.24) is 10.2 Å². The summed E-state index contributed by atoms with van der Waals surface area (Å²) in [6.07, 6.45) is 0. The highest BCUT2D eigenvalue weighted by molar-refractivity contribution is 6.04. The lowest BCUT2D eigenvalue weighted by molar-refractivity contribution is 0.102. The van der Waals surface area contributed by atoms with Gasteiger partial charge in [-0.1, -0.05) is 42.5 Å². The summed E-state index contributed by atoms with van der Waals surface area (Å²) in [5, 5.41) is 5.97. The van der Waals surface area contributed by atoms with Gasteiger partial charge in [-0.05, 0) is 53.9 Å². The van der Waals surface area contributed by atoms with Crippen LogP contribution in [0.25, 0.3) is 0 Å². The average molecular weight is 400 g/mol. The maximum Gasteiger partial charge on any atom is 0.318 e. The van der Waals surface area contributed by atoms with E-state index >= 15 is 0 Å². The van der Waals surface area contributed by atoms with Gasteiger partial charge in [-0.3, -0.25) is 4.79 Å². The Morgan fingerprint density at radius 2 is 1.83 bits per heavy atom. The molecule has 0 aliphatic carbocycles. The zero-order chi connectivity index (χ0) is 21.1. The van der Waals surface area contributed by atoms with E-state index in [2.05, 4.69) is 10.6 Å². The molecule has 0 radical (unpaired) electrons. The molecule has 30 heavy (non-hydrogen) atoms. The standard InChI is InChI=1S/C24H24N4O2/c1-16-13-17(7-12-21(16)26-23(29)19-8-10-20(25)11-9-19)14-28-15-22(27-24(28)30)18-5-3-2-4-6-18/h2-13,22H,14-15,25H2,1H3,(H,26,29)(H,27,30)/t22-/m1/s1. The molecule has 0 spiro atoms. The number of hydrogen-bond donors (Lipinski definition) is 3. The molecule has 152 valence electrons. The molecule has 6 nitrogen and oxygen atoms in total. The molecule has 1 atom stereocenters. The van der Waals surface area contributed by atoms with Crippen LogP contribution in [0, 0.1) is 6.92 Å². The number of benzene rings is 3. The predicted molar refractivity (Wildman–Crippen MR) is 118 cm³/mol. The van der Waals surface area contributed by atoms with Crippen molar-refractivity contribution in [1.29, 1.82) is 0 Å². The third-order valence-electron chi connectivity index (χ3n) is 5.28. The molecular formula is C24H24N4O2. The van der Waals surface area contributed by atoms with E-state index in [1.807, 2.05) is 55.5 Å². The zero-order valence-corrected chi connectivity index (χ0v) is 16.8. The second kappa shape index (κ2) is 8.29. The largest absolute Gasteiger partial charge is 0.399 e. The molecule has 3 aromatic rings. The molecule has 1 aliphatic heterocycles. The Kier molecular flexibility index (Phi) is 5.39. The smallest absolute Gasteiger partial charge is 0.318 e. The number of nitrogens with one attached hydrogen (secondary N) is 2. The molecule has 0 saturated carbocycles. The molecule has 1 saturated heterocycles. The minimum Gasteiger partial charge on any atom is -0.399 e. The van der Waals surface area contributed by atoms with Gasteiger partial charge < -0.3 is 21.3 Å². The Morgan fingerprint density at radius 1 is 1.10 bits per heavy atom. The highest BCUT2D eigenvalue weighted by Gasteiger charge is 2.29. The summed E-state index contributed by atoms with van der Waals surface area (Å²) >= 11 is 0. The number of urea groups is 1. The van der Waals surface area contributed by atoms with Crippen molar-refractivity contribution >= 4 is 23.3 Å². The van der Waals surface area contributed by atoms with Gasteiger partial charge in [-0.2, -0.15) is 0 Å². The van der Waals surface area contributed by atoms with Gasteiger partial charge in [0.1, 0.15) is 0 Å². The normalized spacial score (nSPS) is 15.7. The monoisotopic (exact) mass is 400 g/mol. The van der Waals surface area contributed by atoms with E-state index in [1.165, 1.54) is 0 Å². The molecule has 4 N–H and O–H groups in total. The van der Waals surface area contributed by atoms with Crippen LogP contribution in [0.5, 0.6) is 0 Å². The van der Waals surface area contributed by atoms with Crippen molar-refractivity contribution in [3.63, 3.8) is 0 Å². The number of carbonyl (C=O) groups is 2. The van der Waals surface area contributed by atoms with Gasteiger partial charge in [0.25, 0.3) is 5.91 Å². The zero-order valence-electron chi connectivity index (χ0n) is 16.8. The lowest BCUT2D eigenvalue weighted by Crippen LogP contribution is -2.27. The Labute approximate surface area is 175 Å². The van der Waals surface area contributed by atoms with Crippen LogP contribution in [-0.4, -0.2) is 23.4 Å². The van der Waals surface area contributed by atoms with Crippen LogP contribution in [0.15, 0.2) is 72.8 Å². The summed E-state index contributed by atoms with van der Waals surface area (Å²) < 4.78 is 0. The van der Waals surface area contributed by atoms with Gasteiger partial charge in [0.2, 0.25) is 0 Å². The van der Waals surface area contributed by atoms with E-state index in [0.717, 1.165) is 22.4 Å². The minimum atomic E-state index is -0.185. The molecule has 0 aromatic heterocycles. The summed E-state index contributed by atoms with van der Waals surface area (Å²) in [6, 6.07) is 22.5. The summed E-state index contributed by atoms with van der Waals surface area (Å²) in [6.45, 7) is 3.08. The van der Waals surface area contributed by atoms with Gasteiger partial charge in [0.05, 0.1) is 6.04 Å². The van der Waals surface area contributed by atoms with Crippen LogP contribution in [0.1, 0.15) is 33.1 Å². The van der Waals surface area contributed by atoms with Gasteiger partial charge in [0.15, 0.2) is 0 Å². The summed E-state index contributed by atoms with van der Waals surface area (Å²) in [5.74, 6) is -0.185. The number of nitrogens with two attached hydrogens (primary N) is 1. The van der Waals surface area contributed by atoms with Crippen molar-refractivity contribution in [2.75, 3.05) is 17.6 Å². The van der Waals surface area contributed by atoms with E-state index in [-0.39, 0.29) is 18.0 Å². The molecule has 4 rings (SSSR count). The fourth-order valence-corrected chi connectivity index (χ4v) is 3.61. The number of nitrogens with zero attached hydrogens (tertiary/aromatic N) is 1. The number of hydrogen-bond acceptors (Lipinski definition) is 3. The number of rotatable bonds is 5. The van der Waals surface area contributed by atoms with Crippen LogP contribution < -0.4 is 16.4 Å². The van der Waals surface area contributed by atoms with Crippen molar-refractivity contribution < 1.29 is 9.59 Å². The van der Waals surface area contributed by atoms with E-state index in [0.29, 0.717) is 24.3 Å². The number of aryl methyl sites for hydroxylation is 1. The first-order chi connectivity index (χ1) is 14.5. The molecule has 3 amide bonds. The molecule has 0 bridgehead atoms. The first-order valence-corrected chi connectivity index (χ1v) is 9.86. The Hall–Kier alpha value is -3.80. The molecule has 0 unspecified atom stereocenters. The SMILES string of the molecule is Cc1cc(CN2C[C@H](c3ccccc3)NC2=O)ccc1NC(=O)c1ccc(N)cc1. The number of amides is 3. The van der Waals surface area contributed by atoms with Crippen molar-refractivity contribution in [3.05, 3.63) is 95.1 Å². The lowest BCUT2D eigenvalue weighted by atomic mass is 10.1. The Balaban J connectivity index is 1.41. The van der Waals surface area contributed by atoms with Crippen LogP contribution in [0.3, 0.4) is 0 Å². The van der Waals surface area contributed by atoms with E-state index in [4.69, 9.17) is 5.73 Å². The fraction of sp³-hybridized carbons (Fsp3) is 0.167. The molecule has 1 heterocycles. The second-order valence-corrected chi connectivity index (χ2v) is 7.52. The first kappa shape index (κ1) is 19.5. The first-order valence-electron chi connectivity index (χ1n) is 9.86. The van der Waals surface area contributed by atoms with Crippen LogP contribution >= 0.6 is 0 Å². The van der Waals surface area contributed by atoms with Crippen LogP contribution in [0.2, 0.25) is 0 Å². The second-order valence-electron chi connectivity index (χ2n) is 7.52. The highest BCUT2D eigenvalue weighted by atomic mass is 16.2. The van der Waals surface area contributed by atoms with Crippen molar-refractivity contribution in [2.45, 2.75) is 19.5 Å². The minimum absolute atomic E-state index is 0.00160. The number of carbonyl (C=O) groups excluding carboxylic acids is 2. The third kappa shape index (κ3) is 4.27. The average Bonchev–Trinajstić information content (AvgIpc) is 3.11. The highest BCUT2D eigenvalue weighted by Crippen LogP contribution is 2.24. The Morgan fingerprint density at radius 3 is 2.53 bits per heavy atom.